The van der Waals surface area contributed by atoms with Crippen LogP contribution in [0.2, 0.25) is 0 Å². The second-order valence-corrected chi connectivity index (χ2v) is 4.46. The smallest absolute Gasteiger partial charge is 0.311 e. The molecular formula is C14H16N4O3. The second-order valence-electron chi connectivity index (χ2n) is 4.46. The number of nitrogens with two attached hydrogens (primary N) is 1. The van der Waals surface area contributed by atoms with Crippen molar-refractivity contribution in [3.05, 3.63) is 58.1 Å². The topological polar surface area (TPSA) is 106 Å². The molecule has 0 fully saturated rings. The van der Waals surface area contributed by atoms with Crippen molar-refractivity contribution in [3.8, 4) is 0 Å². The minimum Gasteiger partial charge on any atom is -0.395 e. The third kappa shape index (κ3) is 3.67. The molecule has 7 heteroatoms. The maximum absolute atomic E-state index is 10.8. The number of nitrogen functional groups attached to an aromatic ring is 1. The second kappa shape index (κ2) is 6.67. The van der Waals surface area contributed by atoms with Crippen LogP contribution in [0, 0.1) is 10.1 Å². The zero-order valence-corrected chi connectivity index (χ0v) is 11.3. The van der Waals surface area contributed by atoms with Gasteiger partial charge in [-0.15, -0.1) is 0 Å². The predicted molar refractivity (Wildman–Crippen MR) is 79.9 cm³/mol. The van der Waals surface area contributed by atoms with Crippen molar-refractivity contribution in [1.82, 2.24) is 4.98 Å². The Morgan fingerprint density at radius 1 is 1.24 bits per heavy atom. The summed E-state index contributed by atoms with van der Waals surface area (Å²) in [5, 5.41) is 19.9. The molecule has 0 bridgehead atoms. The van der Waals surface area contributed by atoms with Crippen LogP contribution in [0.5, 0.6) is 0 Å². The van der Waals surface area contributed by atoms with Crippen molar-refractivity contribution in [2.24, 2.45) is 0 Å². The molecule has 2 aromatic rings. The molecule has 21 heavy (non-hydrogen) atoms. The Morgan fingerprint density at radius 3 is 2.52 bits per heavy atom. The lowest BCUT2D eigenvalue weighted by Crippen LogP contribution is -2.27. The van der Waals surface area contributed by atoms with Gasteiger partial charge < -0.3 is 15.7 Å². The Labute approximate surface area is 121 Å². The van der Waals surface area contributed by atoms with E-state index in [9.17, 15) is 15.2 Å². The van der Waals surface area contributed by atoms with Crippen LogP contribution in [-0.2, 0) is 6.54 Å². The highest BCUT2D eigenvalue weighted by atomic mass is 16.6. The van der Waals surface area contributed by atoms with E-state index in [4.69, 9.17) is 5.73 Å². The summed E-state index contributed by atoms with van der Waals surface area (Å²) in [4.78, 5) is 16.1. The molecule has 0 amide bonds. The average molecular weight is 288 g/mol. The summed E-state index contributed by atoms with van der Waals surface area (Å²) in [6, 6.07) is 12.5. The molecule has 0 aliphatic rings. The number of aliphatic hydroxyl groups excluding tert-OH is 1. The van der Waals surface area contributed by atoms with Crippen LogP contribution in [0.3, 0.4) is 0 Å². The number of rotatable bonds is 6. The first kappa shape index (κ1) is 14.7. The number of hydrogen-bond acceptors (Lipinski definition) is 6. The summed E-state index contributed by atoms with van der Waals surface area (Å²) in [6.07, 6.45) is 0. The highest BCUT2D eigenvalue weighted by Gasteiger charge is 2.16. The van der Waals surface area contributed by atoms with E-state index in [1.54, 1.807) is 0 Å². The maximum atomic E-state index is 10.8. The predicted octanol–water partition coefficient (Wildman–Crippen LogP) is 1.57. The highest BCUT2D eigenvalue weighted by Crippen LogP contribution is 2.23. The van der Waals surface area contributed by atoms with Gasteiger partial charge in [-0.25, -0.2) is 4.98 Å². The lowest BCUT2D eigenvalue weighted by Gasteiger charge is -2.23. The van der Waals surface area contributed by atoms with Gasteiger partial charge in [0.05, 0.1) is 11.5 Å². The molecule has 0 saturated carbocycles. The number of anilines is 2. The average Bonchev–Trinajstić information content (AvgIpc) is 2.47. The molecule has 0 aliphatic carbocycles. The molecule has 3 N–H and O–H groups in total. The minimum atomic E-state index is -0.570. The molecule has 1 aromatic heterocycles. The Kier molecular flexibility index (Phi) is 4.68. The van der Waals surface area contributed by atoms with Crippen LogP contribution in [0.1, 0.15) is 5.56 Å². The van der Waals surface area contributed by atoms with E-state index < -0.39 is 4.92 Å². The van der Waals surface area contributed by atoms with E-state index >= 15 is 0 Å². The standard InChI is InChI=1S/C14H16N4O3/c15-14-12(18(20)21)6-7-13(16-14)17(8-9-19)10-11-4-2-1-3-5-11/h1-7,19H,8-10H2,(H2,15,16). The van der Waals surface area contributed by atoms with E-state index in [-0.39, 0.29) is 18.1 Å². The molecule has 0 atom stereocenters. The van der Waals surface area contributed by atoms with E-state index in [1.165, 1.54) is 12.1 Å². The molecule has 0 spiro atoms. The number of aliphatic hydroxyl groups is 1. The van der Waals surface area contributed by atoms with Crippen LogP contribution in [0.15, 0.2) is 42.5 Å². The Bertz CT molecular complexity index is 619. The number of pyridine rings is 1. The Balaban J connectivity index is 2.26. The van der Waals surface area contributed by atoms with Gasteiger partial charge in [0, 0.05) is 19.2 Å². The van der Waals surface area contributed by atoms with Gasteiger partial charge in [0.15, 0.2) is 0 Å². The van der Waals surface area contributed by atoms with Crippen molar-refractivity contribution in [3.63, 3.8) is 0 Å². The SMILES string of the molecule is Nc1nc(N(CCO)Cc2ccccc2)ccc1[N+](=O)[O-]. The van der Waals surface area contributed by atoms with Gasteiger partial charge in [0.1, 0.15) is 5.82 Å². The highest BCUT2D eigenvalue weighted by molar-refractivity contribution is 5.58. The lowest BCUT2D eigenvalue weighted by atomic mass is 10.2. The fourth-order valence-corrected chi connectivity index (χ4v) is 1.99. The van der Waals surface area contributed by atoms with Crippen LogP contribution < -0.4 is 10.6 Å². The van der Waals surface area contributed by atoms with Crippen molar-refractivity contribution >= 4 is 17.3 Å². The summed E-state index contributed by atoms with van der Waals surface area (Å²) in [5.41, 5.74) is 6.43. The molecule has 110 valence electrons. The molecule has 0 unspecified atom stereocenters. The van der Waals surface area contributed by atoms with Gasteiger partial charge in [-0.05, 0) is 11.6 Å². The number of aromatic nitrogens is 1. The normalized spacial score (nSPS) is 10.3. The number of benzene rings is 1. The summed E-state index contributed by atoms with van der Waals surface area (Å²) >= 11 is 0. The van der Waals surface area contributed by atoms with Gasteiger partial charge in [-0.3, -0.25) is 10.1 Å². The summed E-state index contributed by atoms with van der Waals surface area (Å²) < 4.78 is 0. The van der Waals surface area contributed by atoms with Crippen molar-refractivity contribution < 1.29 is 10.0 Å². The molecule has 1 aromatic carbocycles. The largest absolute Gasteiger partial charge is 0.395 e. The molecule has 7 nitrogen and oxygen atoms in total. The monoisotopic (exact) mass is 288 g/mol. The van der Waals surface area contributed by atoms with Crippen molar-refractivity contribution in [1.29, 1.82) is 0 Å². The lowest BCUT2D eigenvalue weighted by molar-refractivity contribution is -0.384. The molecular weight excluding hydrogens is 272 g/mol. The first-order chi connectivity index (χ1) is 10.1. The van der Waals surface area contributed by atoms with Crippen LogP contribution in [0.4, 0.5) is 17.3 Å². The van der Waals surface area contributed by atoms with E-state index in [1.807, 2.05) is 35.2 Å². The van der Waals surface area contributed by atoms with E-state index in [0.29, 0.717) is 18.9 Å². The first-order valence-corrected chi connectivity index (χ1v) is 6.42. The van der Waals surface area contributed by atoms with Gasteiger partial charge in [-0.1, -0.05) is 30.3 Å². The van der Waals surface area contributed by atoms with Crippen LogP contribution in [0.25, 0.3) is 0 Å². The number of nitrogens with zero attached hydrogens (tertiary/aromatic N) is 3. The molecule has 0 aliphatic heterocycles. The van der Waals surface area contributed by atoms with Gasteiger partial charge in [-0.2, -0.15) is 0 Å². The fourth-order valence-electron chi connectivity index (χ4n) is 1.99. The van der Waals surface area contributed by atoms with Crippen molar-refractivity contribution in [2.45, 2.75) is 6.54 Å². The first-order valence-electron chi connectivity index (χ1n) is 6.42. The zero-order valence-electron chi connectivity index (χ0n) is 11.3. The van der Waals surface area contributed by atoms with Crippen molar-refractivity contribution in [2.75, 3.05) is 23.8 Å². The minimum absolute atomic E-state index is 0.0502. The van der Waals surface area contributed by atoms with Crippen LogP contribution in [-0.4, -0.2) is 28.2 Å². The van der Waals surface area contributed by atoms with Gasteiger partial charge in [0.2, 0.25) is 5.82 Å². The third-order valence-corrected chi connectivity index (χ3v) is 2.99. The third-order valence-electron chi connectivity index (χ3n) is 2.99. The molecule has 1 heterocycles. The number of hydrogen-bond donors (Lipinski definition) is 2. The van der Waals surface area contributed by atoms with Crippen LogP contribution >= 0.6 is 0 Å². The molecule has 0 saturated heterocycles. The fraction of sp³-hybridized carbons (Fsp3) is 0.214. The molecule has 2 rings (SSSR count). The maximum Gasteiger partial charge on any atom is 0.311 e. The summed E-state index contributed by atoms with van der Waals surface area (Å²) in [6.45, 7) is 0.843. The zero-order chi connectivity index (χ0) is 15.2. The van der Waals surface area contributed by atoms with E-state index in [0.717, 1.165) is 5.56 Å². The Hall–Kier alpha value is -2.67. The van der Waals surface area contributed by atoms with Gasteiger partial charge >= 0.3 is 5.69 Å². The quantitative estimate of drug-likeness (QED) is 0.617. The summed E-state index contributed by atoms with van der Waals surface area (Å²) in [5.74, 6) is 0.365. The molecule has 0 radical (unpaired) electrons. The Morgan fingerprint density at radius 2 is 1.95 bits per heavy atom. The van der Waals surface area contributed by atoms with E-state index in [2.05, 4.69) is 4.98 Å². The summed E-state index contributed by atoms with van der Waals surface area (Å²) in [7, 11) is 0. The number of nitro groups is 1. The van der Waals surface area contributed by atoms with Gasteiger partial charge in [0.25, 0.3) is 0 Å².